The molecule has 0 aromatic heterocycles. The van der Waals surface area contributed by atoms with Gasteiger partial charge < -0.3 is 11.1 Å². The van der Waals surface area contributed by atoms with E-state index in [4.69, 9.17) is 5.73 Å². The fraction of sp³-hybridized carbons (Fsp3) is 0.889. The molecule has 0 aromatic rings. The lowest BCUT2D eigenvalue weighted by Gasteiger charge is -2.25. The van der Waals surface area contributed by atoms with Crippen LogP contribution in [0.4, 0.5) is 0 Å². The van der Waals surface area contributed by atoms with Crippen LogP contribution < -0.4 is 11.1 Å². The van der Waals surface area contributed by atoms with Gasteiger partial charge in [-0.3, -0.25) is 4.79 Å². The van der Waals surface area contributed by atoms with Crippen LogP contribution in [0.1, 0.15) is 39.0 Å². The zero-order valence-electron chi connectivity index (χ0n) is 8.08. The second-order valence-electron chi connectivity index (χ2n) is 3.63. The second-order valence-corrected chi connectivity index (χ2v) is 3.63. The predicted molar refractivity (Wildman–Crippen MR) is 55.9 cm³/mol. The molecule has 1 aliphatic rings. The van der Waals surface area contributed by atoms with Crippen LogP contribution in [-0.4, -0.2) is 18.0 Å². The molecule has 0 bridgehead atoms. The molecule has 1 atom stereocenters. The molecule has 1 fully saturated rings. The summed E-state index contributed by atoms with van der Waals surface area (Å²) < 4.78 is 0. The number of halogens is 1. The van der Waals surface area contributed by atoms with Gasteiger partial charge in [0.2, 0.25) is 5.91 Å². The van der Waals surface area contributed by atoms with Gasteiger partial charge in [-0.05, 0) is 19.8 Å². The Bertz CT molecular complexity index is 158. The number of nitrogens with two attached hydrogens (primary N) is 1. The number of hydrogen-bond donors (Lipinski definition) is 2. The molecule has 0 spiro atoms. The number of carbonyl (C=O) groups is 1. The first kappa shape index (κ1) is 12.7. The Morgan fingerprint density at radius 3 is 2.38 bits per heavy atom. The van der Waals surface area contributed by atoms with Crippen LogP contribution in [0.3, 0.4) is 0 Å². The largest absolute Gasteiger partial charge is 0.368 e. The highest BCUT2D eigenvalue weighted by Gasteiger charge is 2.17. The summed E-state index contributed by atoms with van der Waals surface area (Å²) in [7, 11) is 0. The van der Waals surface area contributed by atoms with Gasteiger partial charge in [-0.1, -0.05) is 19.3 Å². The molecule has 0 radical (unpaired) electrons. The lowest BCUT2D eigenvalue weighted by atomic mass is 9.95. The molecule has 1 saturated carbocycles. The lowest BCUT2D eigenvalue weighted by molar-refractivity contribution is -0.119. The topological polar surface area (TPSA) is 55.1 Å². The van der Waals surface area contributed by atoms with Gasteiger partial charge in [-0.2, -0.15) is 0 Å². The summed E-state index contributed by atoms with van der Waals surface area (Å²) in [5, 5.41) is 3.24. The summed E-state index contributed by atoms with van der Waals surface area (Å²) in [4.78, 5) is 10.7. The molecule has 0 heterocycles. The molecule has 78 valence electrons. The second kappa shape index (κ2) is 6.22. The van der Waals surface area contributed by atoms with E-state index >= 15 is 0 Å². The normalized spacial score (nSPS) is 20.4. The molecule has 1 aliphatic carbocycles. The van der Waals surface area contributed by atoms with Gasteiger partial charge in [-0.15, -0.1) is 12.4 Å². The van der Waals surface area contributed by atoms with Crippen molar-refractivity contribution >= 4 is 18.3 Å². The first-order valence-corrected chi connectivity index (χ1v) is 4.75. The zero-order chi connectivity index (χ0) is 8.97. The third-order valence-electron chi connectivity index (χ3n) is 2.52. The Balaban J connectivity index is 0.00000144. The Kier molecular flexibility index (Phi) is 6.08. The van der Waals surface area contributed by atoms with Crippen molar-refractivity contribution in [2.45, 2.75) is 51.1 Å². The summed E-state index contributed by atoms with van der Waals surface area (Å²) in [5.41, 5.74) is 5.15. The molecule has 1 rings (SSSR count). The highest BCUT2D eigenvalue weighted by Crippen LogP contribution is 2.17. The van der Waals surface area contributed by atoms with Crippen LogP contribution in [-0.2, 0) is 4.79 Å². The first-order chi connectivity index (χ1) is 5.70. The Labute approximate surface area is 85.9 Å². The number of carbonyl (C=O) groups excluding carboxylic acids is 1. The number of amides is 1. The molecule has 4 heteroatoms. The average Bonchev–Trinajstić information content (AvgIpc) is 2.06. The smallest absolute Gasteiger partial charge is 0.234 e. The number of hydrogen-bond acceptors (Lipinski definition) is 2. The van der Waals surface area contributed by atoms with E-state index in [1.807, 2.05) is 6.92 Å². The van der Waals surface area contributed by atoms with E-state index in [9.17, 15) is 4.79 Å². The van der Waals surface area contributed by atoms with E-state index in [2.05, 4.69) is 5.32 Å². The molecule has 13 heavy (non-hydrogen) atoms. The molecule has 3 nitrogen and oxygen atoms in total. The van der Waals surface area contributed by atoms with Gasteiger partial charge in [0.1, 0.15) is 0 Å². The quantitative estimate of drug-likeness (QED) is 0.729. The molecule has 1 amide bonds. The summed E-state index contributed by atoms with van der Waals surface area (Å²) >= 11 is 0. The van der Waals surface area contributed by atoms with Crippen LogP contribution in [0.15, 0.2) is 0 Å². The molecular weight excluding hydrogens is 188 g/mol. The number of primary amides is 1. The van der Waals surface area contributed by atoms with Gasteiger partial charge in [-0.25, -0.2) is 0 Å². The third kappa shape index (κ3) is 4.48. The molecule has 3 N–H and O–H groups in total. The van der Waals surface area contributed by atoms with Crippen molar-refractivity contribution in [3.8, 4) is 0 Å². The van der Waals surface area contributed by atoms with Crippen LogP contribution in [0, 0.1) is 0 Å². The van der Waals surface area contributed by atoms with E-state index in [0.29, 0.717) is 6.04 Å². The minimum absolute atomic E-state index is 0. The van der Waals surface area contributed by atoms with Crippen LogP contribution in [0.5, 0.6) is 0 Å². The van der Waals surface area contributed by atoms with Crippen molar-refractivity contribution in [1.82, 2.24) is 5.32 Å². The van der Waals surface area contributed by atoms with E-state index in [0.717, 1.165) is 0 Å². The average molecular weight is 207 g/mol. The van der Waals surface area contributed by atoms with Crippen molar-refractivity contribution in [2.75, 3.05) is 0 Å². The molecule has 0 aromatic carbocycles. The zero-order valence-corrected chi connectivity index (χ0v) is 8.90. The predicted octanol–water partition coefficient (Wildman–Crippen LogP) is 1.20. The van der Waals surface area contributed by atoms with Crippen molar-refractivity contribution in [2.24, 2.45) is 5.73 Å². The monoisotopic (exact) mass is 206 g/mol. The van der Waals surface area contributed by atoms with Crippen molar-refractivity contribution in [3.63, 3.8) is 0 Å². The summed E-state index contributed by atoms with van der Waals surface area (Å²) in [6.45, 7) is 1.83. The van der Waals surface area contributed by atoms with Gasteiger partial charge in [0.25, 0.3) is 0 Å². The van der Waals surface area contributed by atoms with Gasteiger partial charge in [0.05, 0.1) is 6.04 Å². The standard InChI is InChI=1S/C9H18N2O.ClH/c1-7(9(10)12)11-8-5-3-2-4-6-8;/h7-8,11H,2-6H2,1H3,(H2,10,12);1H/t7-;/m0./s1. The number of nitrogens with one attached hydrogen (secondary N) is 1. The lowest BCUT2D eigenvalue weighted by Crippen LogP contribution is -2.45. The van der Waals surface area contributed by atoms with Crippen molar-refractivity contribution < 1.29 is 4.79 Å². The summed E-state index contributed by atoms with van der Waals surface area (Å²) in [6.07, 6.45) is 6.28. The van der Waals surface area contributed by atoms with Crippen LogP contribution >= 0.6 is 12.4 Å². The van der Waals surface area contributed by atoms with Crippen LogP contribution in [0.25, 0.3) is 0 Å². The highest BCUT2D eigenvalue weighted by atomic mass is 35.5. The fourth-order valence-electron chi connectivity index (χ4n) is 1.70. The van der Waals surface area contributed by atoms with Crippen molar-refractivity contribution in [1.29, 1.82) is 0 Å². The van der Waals surface area contributed by atoms with Crippen LogP contribution in [0.2, 0.25) is 0 Å². The Hall–Kier alpha value is -0.280. The van der Waals surface area contributed by atoms with E-state index in [1.165, 1.54) is 32.1 Å². The maximum absolute atomic E-state index is 10.7. The van der Waals surface area contributed by atoms with Gasteiger partial charge in [0.15, 0.2) is 0 Å². The molecule has 0 aliphatic heterocycles. The minimum Gasteiger partial charge on any atom is -0.368 e. The first-order valence-electron chi connectivity index (χ1n) is 4.75. The molecular formula is C9H19ClN2O. The fourth-order valence-corrected chi connectivity index (χ4v) is 1.70. The van der Waals surface area contributed by atoms with E-state index in [-0.39, 0.29) is 24.4 Å². The maximum atomic E-state index is 10.7. The van der Waals surface area contributed by atoms with E-state index in [1.54, 1.807) is 0 Å². The van der Waals surface area contributed by atoms with E-state index < -0.39 is 0 Å². The maximum Gasteiger partial charge on any atom is 0.234 e. The molecule has 0 saturated heterocycles. The Morgan fingerprint density at radius 1 is 1.38 bits per heavy atom. The number of rotatable bonds is 3. The van der Waals surface area contributed by atoms with Gasteiger partial charge >= 0.3 is 0 Å². The third-order valence-corrected chi connectivity index (χ3v) is 2.52. The molecule has 0 unspecified atom stereocenters. The summed E-state index contributed by atoms with van der Waals surface area (Å²) in [5.74, 6) is -0.249. The highest BCUT2D eigenvalue weighted by molar-refractivity contribution is 5.85. The van der Waals surface area contributed by atoms with Gasteiger partial charge in [0, 0.05) is 6.04 Å². The minimum atomic E-state index is -0.249. The SMILES string of the molecule is C[C@H](NC1CCCCC1)C(N)=O.Cl. The summed E-state index contributed by atoms with van der Waals surface area (Å²) in [6, 6.07) is 0.342. The van der Waals surface area contributed by atoms with Crippen molar-refractivity contribution in [3.05, 3.63) is 0 Å². The Morgan fingerprint density at radius 2 is 1.92 bits per heavy atom.